The fraction of sp³-hybridized carbons (Fsp3) is 0.250. The lowest BCUT2D eigenvalue weighted by Gasteiger charge is -2.43. The maximum atomic E-state index is 10.8. The van der Waals surface area contributed by atoms with Gasteiger partial charge in [-0.15, -0.1) is 0 Å². The van der Waals surface area contributed by atoms with E-state index in [0.29, 0.717) is 16.9 Å². The van der Waals surface area contributed by atoms with Crippen LogP contribution in [0.5, 0.6) is 11.5 Å². The monoisotopic (exact) mass is 288 g/mol. The summed E-state index contributed by atoms with van der Waals surface area (Å²) in [6.07, 6.45) is -0.00343. The molecule has 0 fully saturated rings. The Morgan fingerprint density at radius 3 is 2.38 bits per heavy atom. The molecule has 0 spiro atoms. The van der Waals surface area contributed by atoms with E-state index in [4.69, 9.17) is 9.47 Å². The Bertz CT molecular complexity index is 653. The van der Waals surface area contributed by atoms with Crippen LogP contribution in [0.4, 0.5) is 0 Å². The van der Waals surface area contributed by atoms with Crippen molar-refractivity contribution in [1.29, 1.82) is 0 Å². The van der Waals surface area contributed by atoms with Gasteiger partial charge in [0, 0.05) is 12.0 Å². The summed E-state index contributed by atoms with van der Waals surface area (Å²) in [4.78, 5) is 0. The smallest absolute Gasteiger partial charge is 0.357 e. The van der Waals surface area contributed by atoms with Crippen LogP contribution >= 0.6 is 0 Å². The van der Waals surface area contributed by atoms with Crippen LogP contribution in [0, 0.1) is 0 Å². The third-order valence-electron chi connectivity index (χ3n) is 3.76. The molecule has 1 heterocycles. The van der Waals surface area contributed by atoms with Crippen LogP contribution < -0.4 is 9.47 Å². The van der Waals surface area contributed by atoms with Crippen molar-refractivity contribution in [3.63, 3.8) is 0 Å². The van der Waals surface area contributed by atoms with Gasteiger partial charge in [0.2, 0.25) is 0 Å². The quantitative estimate of drug-likeness (QED) is 0.723. The molecule has 2 aromatic carbocycles. The van der Waals surface area contributed by atoms with Crippen molar-refractivity contribution in [2.75, 3.05) is 7.11 Å². The zero-order valence-corrected chi connectivity index (χ0v) is 11.5. The topological polar surface area (TPSA) is 79.2 Å². The van der Waals surface area contributed by atoms with E-state index >= 15 is 0 Å². The molecule has 1 aliphatic heterocycles. The second kappa shape index (κ2) is 4.73. The maximum Gasteiger partial charge on any atom is 0.357 e. The van der Waals surface area contributed by atoms with Gasteiger partial charge in [-0.1, -0.05) is 42.5 Å². The number of benzene rings is 2. The van der Waals surface area contributed by atoms with Gasteiger partial charge < -0.3 is 24.8 Å². The standard InChI is InChI=1S/C16H16O5/c1-20-13-9-5-6-11-10-15(17,12-7-3-2-4-8-12)16(18,19)21-14(11)13/h2-9,17-19H,10H2,1H3. The summed E-state index contributed by atoms with van der Waals surface area (Å²) >= 11 is 0. The molecule has 1 atom stereocenters. The van der Waals surface area contributed by atoms with E-state index in [2.05, 4.69) is 0 Å². The summed E-state index contributed by atoms with van der Waals surface area (Å²) < 4.78 is 10.4. The third-order valence-corrected chi connectivity index (χ3v) is 3.76. The van der Waals surface area contributed by atoms with E-state index in [1.807, 2.05) is 0 Å². The molecule has 3 N–H and O–H groups in total. The summed E-state index contributed by atoms with van der Waals surface area (Å²) in [5.41, 5.74) is -0.962. The number of hydrogen-bond acceptors (Lipinski definition) is 5. The highest BCUT2D eigenvalue weighted by atomic mass is 16.8. The molecule has 5 nitrogen and oxygen atoms in total. The van der Waals surface area contributed by atoms with Crippen molar-refractivity contribution < 1.29 is 24.8 Å². The van der Waals surface area contributed by atoms with Crippen LogP contribution in [-0.2, 0) is 12.0 Å². The van der Waals surface area contributed by atoms with Gasteiger partial charge in [-0.05, 0) is 11.6 Å². The number of ether oxygens (including phenoxy) is 2. The summed E-state index contributed by atoms with van der Waals surface area (Å²) in [7, 11) is 1.47. The van der Waals surface area contributed by atoms with E-state index in [1.54, 1.807) is 48.5 Å². The molecule has 2 aromatic rings. The first-order chi connectivity index (χ1) is 9.98. The molecule has 0 saturated carbocycles. The SMILES string of the molecule is COc1cccc2c1OC(O)(O)C(O)(c1ccccc1)C2. The van der Waals surface area contributed by atoms with E-state index in [9.17, 15) is 15.3 Å². The van der Waals surface area contributed by atoms with Crippen LogP contribution in [0.3, 0.4) is 0 Å². The van der Waals surface area contributed by atoms with Crippen molar-refractivity contribution in [1.82, 2.24) is 0 Å². The molecule has 1 unspecified atom stereocenters. The normalized spacial score (nSPS) is 23.0. The molecule has 0 bridgehead atoms. The Labute approximate surface area is 122 Å². The molecular weight excluding hydrogens is 272 g/mol. The minimum Gasteiger partial charge on any atom is -0.493 e. The predicted octanol–water partition coefficient (Wildman–Crippen LogP) is 1.16. The molecule has 110 valence electrons. The first-order valence-corrected chi connectivity index (χ1v) is 6.55. The van der Waals surface area contributed by atoms with Gasteiger partial charge in [0.15, 0.2) is 17.1 Å². The molecule has 0 aromatic heterocycles. The van der Waals surface area contributed by atoms with Crippen molar-refractivity contribution in [2.24, 2.45) is 0 Å². The number of fused-ring (bicyclic) bond motifs is 1. The van der Waals surface area contributed by atoms with E-state index < -0.39 is 11.6 Å². The molecular formula is C16H16O5. The average Bonchev–Trinajstić information content (AvgIpc) is 2.48. The Hall–Kier alpha value is -2.08. The Morgan fingerprint density at radius 2 is 1.71 bits per heavy atom. The van der Waals surface area contributed by atoms with Gasteiger partial charge in [0.25, 0.3) is 0 Å². The molecule has 0 radical (unpaired) electrons. The fourth-order valence-corrected chi connectivity index (χ4v) is 2.60. The van der Waals surface area contributed by atoms with Gasteiger partial charge in [0.1, 0.15) is 0 Å². The van der Waals surface area contributed by atoms with Crippen LogP contribution in [-0.4, -0.2) is 28.4 Å². The van der Waals surface area contributed by atoms with Gasteiger partial charge in [-0.2, -0.15) is 0 Å². The van der Waals surface area contributed by atoms with Crippen molar-refractivity contribution in [2.45, 2.75) is 18.0 Å². The summed E-state index contributed by atoms with van der Waals surface area (Å²) in [5.74, 6) is -2.14. The van der Waals surface area contributed by atoms with Crippen molar-refractivity contribution in [3.8, 4) is 11.5 Å². The Kier molecular flexibility index (Phi) is 3.13. The second-order valence-corrected chi connectivity index (χ2v) is 5.06. The van der Waals surface area contributed by atoms with E-state index in [1.165, 1.54) is 7.11 Å². The predicted molar refractivity (Wildman–Crippen MR) is 74.8 cm³/mol. The lowest BCUT2D eigenvalue weighted by Crippen LogP contribution is -2.59. The molecule has 5 heteroatoms. The number of aliphatic hydroxyl groups is 3. The zero-order valence-electron chi connectivity index (χ0n) is 11.5. The number of hydrogen-bond donors (Lipinski definition) is 3. The molecule has 0 amide bonds. The fourth-order valence-electron chi connectivity index (χ4n) is 2.60. The molecule has 21 heavy (non-hydrogen) atoms. The largest absolute Gasteiger partial charge is 0.493 e. The number of methoxy groups -OCH3 is 1. The van der Waals surface area contributed by atoms with E-state index in [0.717, 1.165) is 0 Å². The first kappa shape index (κ1) is 13.9. The minimum absolute atomic E-state index is 0.00343. The van der Waals surface area contributed by atoms with Crippen LogP contribution in [0.1, 0.15) is 11.1 Å². The van der Waals surface area contributed by atoms with Gasteiger partial charge in [0.05, 0.1) is 7.11 Å². The van der Waals surface area contributed by atoms with Crippen molar-refractivity contribution in [3.05, 3.63) is 59.7 Å². The Morgan fingerprint density at radius 1 is 1.00 bits per heavy atom. The van der Waals surface area contributed by atoms with Gasteiger partial charge in [-0.25, -0.2) is 0 Å². The number of rotatable bonds is 2. The first-order valence-electron chi connectivity index (χ1n) is 6.55. The average molecular weight is 288 g/mol. The van der Waals surface area contributed by atoms with Crippen LogP contribution in [0.2, 0.25) is 0 Å². The highest BCUT2D eigenvalue weighted by Crippen LogP contribution is 2.46. The zero-order chi connectivity index (χ0) is 15.1. The van der Waals surface area contributed by atoms with Crippen LogP contribution in [0.25, 0.3) is 0 Å². The lowest BCUT2D eigenvalue weighted by atomic mass is 9.82. The van der Waals surface area contributed by atoms with Crippen molar-refractivity contribution >= 4 is 0 Å². The molecule has 0 aliphatic carbocycles. The summed E-state index contributed by atoms with van der Waals surface area (Å²) in [6, 6.07) is 13.6. The highest BCUT2D eigenvalue weighted by molar-refractivity contribution is 5.50. The maximum absolute atomic E-state index is 10.8. The van der Waals surface area contributed by atoms with Gasteiger partial charge in [-0.3, -0.25) is 0 Å². The van der Waals surface area contributed by atoms with Gasteiger partial charge >= 0.3 is 5.97 Å². The second-order valence-electron chi connectivity index (χ2n) is 5.06. The Balaban J connectivity index is 2.13. The molecule has 0 saturated heterocycles. The lowest BCUT2D eigenvalue weighted by molar-refractivity contribution is -0.386. The minimum atomic E-state index is -2.75. The van der Waals surface area contributed by atoms with Crippen LogP contribution in [0.15, 0.2) is 48.5 Å². The third kappa shape index (κ3) is 2.06. The molecule has 1 aliphatic rings. The summed E-state index contributed by atoms with van der Waals surface area (Å²) in [5, 5.41) is 31.3. The highest BCUT2D eigenvalue weighted by Gasteiger charge is 2.56. The summed E-state index contributed by atoms with van der Waals surface area (Å²) in [6.45, 7) is 0. The molecule has 3 rings (SSSR count). The van der Waals surface area contributed by atoms with E-state index in [-0.39, 0.29) is 12.2 Å². The number of para-hydroxylation sites is 1.